The normalized spacial score (nSPS) is 11.5. The lowest BCUT2D eigenvalue weighted by Gasteiger charge is -2.08. The van der Waals surface area contributed by atoms with Crippen LogP contribution in [-0.2, 0) is 6.42 Å². The van der Waals surface area contributed by atoms with Gasteiger partial charge in [-0.1, -0.05) is 5.92 Å². The molecule has 1 atom stereocenters. The van der Waals surface area contributed by atoms with Crippen molar-refractivity contribution in [2.45, 2.75) is 26.3 Å². The van der Waals surface area contributed by atoms with Crippen LogP contribution in [0, 0.1) is 17.7 Å². The Morgan fingerprint density at radius 2 is 2.19 bits per heavy atom. The predicted molar refractivity (Wildman–Crippen MR) is 62.7 cm³/mol. The number of ether oxygens (including phenoxy) is 1. The van der Waals surface area contributed by atoms with Crippen LogP contribution in [0.5, 0.6) is 5.75 Å². The summed E-state index contributed by atoms with van der Waals surface area (Å²) in [6, 6.07) is 4.62. The summed E-state index contributed by atoms with van der Waals surface area (Å²) in [4.78, 5) is 0. The Kier molecular flexibility index (Phi) is 4.81. The van der Waals surface area contributed by atoms with Gasteiger partial charge in [0.2, 0.25) is 0 Å². The van der Waals surface area contributed by atoms with E-state index in [0.717, 1.165) is 5.56 Å². The van der Waals surface area contributed by atoms with E-state index in [4.69, 9.17) is 10.5 Å². The quantitative estimate of drug-likeness (QED) is 0.790. The topological polar surface area (TPSA) is 35.2 Å². The number of rotatable bonds is 4. The van der Waals surface area contributed by atoms with E-state index in [2.05, 4.69) is 11.8 Å². The molecular formula is C13H16FNO. The van der Waals surface area contributed by atoms with Gasteiger partial charge in [0, 0.05) is 12.1 Å². The summed E-state index contributed by atoms with van der Waals surface area (Å²) in [5.41, 5.74) is 6.50. The Morgan fingerprint density at radius 3 is 2.81 bits per heavy atom. The summed E-state index contributed by atoms with van der Waals surface area (Å²) in [5.74, 6) is 5.66. The highest BCUT2D eigenvalue weighted by molar-refractivity contribution is 5.30. The predicted octanol–water partition coefficient (Wildman–Crippen LogP) is 2.12. The van der Waals surface area contributed by atoms with Crippen molar-refractivity contribution in [3.05, 3.63) is 29.6 Å². The first kappa shape index (κ1) is 12.5. The summed E-state index contributed by atoms with van der Waals surface area (Å²) in [7, 11) is 0. The SMILES string of the molecule is CC#CCOc1cc(F)cc(CC(C)N)c1. The molecule has 16 heavy (non-hydrogen) atoms. The van der Waals surface area contributed by atoms with Crippen molar-refractivity contribution in [3.8, 4) is 17.6 Å². The molecule has 0 aliphatic heterocycles. The Labute approximate surface area is 95.6 Å². The molecule has 0 heterocycles. The lowest BCUT2D eigenvalue weighted by atomic mass is 10.1. The molecule has 1 aromatic carbocycles. The molecule has 0 saturated carbocycles. The smallest absolute Gasteiger partial charge is 0.149 e. The van der Waals surface area contributed by atoms with Crippen molar-refractivity contribution >= 4 is 0 Å². The zero-order chi connectivity index (χ0) is 12.0. The highest BCUT2D eigenvalue weighted by Gasteiger charge is 2.03. The Hall–Kier alpha value is -1.53. The molecule has 0 aliphatic rings. The van der Waals surface area contributed by atoms with Gasteiger partial charge in [-0.05, 0) is 38.0 Å². The molecule has 0 aliphatic carbocycles. The second-order valence-electron chi connectivity index (χ2n) is 3.69. The summed E-state index contributed by atoms with van der Waals surface area (Å²) >= 11 is 0. The van der Waals surface area contributed by atoms with Gasteiger partial charge < -0.3 is 10.5 Å². The second kappa shape index (κ2) is 6.14. The molecule has 0 radical (unpaired) electrons. The fourth-order valence-corrected chi connectivity index (χ4v) is 1.39. The van der Waals surface area contributed by atoms with Gasteiger partial charge in [0.05, 0.1) is 0 Å². The van der Waals surface area contributed by atoms with Gasteiger partial charge in [-0.2, -0.15) is 0 Å². The first-order valence-electron chi connectivity index (χ1n) is 5.19. The molecule has 0 fully saturated rings. The number of benzene rings is 1. The Morgan fingerprint density at radius 1 is 1.44 bits per heavy atom. The highest BCUT2D eigenvalue weighted by atomic mass is 19.1. The van der Waals surface area contributed by atoms with E-state index in [0.29, 0.717) is 12.2 Å². The van der Waals surface area contributed by atoms with E-state index in [1.165, 1.54) is 12.1 Å². The van der Waals surface area contributed by atoms with E-state index < -0.39 is 0 Å². The van der Waals surface area contributed by atoms with Crippen molar-refractivity contribution in [3.63, 3.8) is 0 Å². The van der Waals surface area contributed by atoms with E-state index in [-0.39, 0.29) is 18.5 Å². The van der Waals surface area contributed by atoms with Crippen LogP contribution in [0.4, 0.5) is 4.39 Å². The van der Waals surface area contributed by atoms with Crippen molar-refractivity contribution < 1.29 is 9.13 Å². The van der Waals surface area contributed by atoms with Crippen LogP contribution in [0.15, 0.2) is 18.2 Å². The van der Waals surface area contributed by atoms with Crippen LogP contribution in [0.25, 0.3) is 0 Å². The van der Waals surface area contributed by atoms with E-state index in [9.17, 15) is 4.39 Å². The third kappa shape index (κ3) is 4.33. The number of hydrogen-bond donors (Lipinski definition) is 1. The van der Waals surface area contributed by atoms with Gasteiger partial charge in [0.25, 0.3) is 0 Å². The summed E-state index contributed by atoms with van der Waals surface area (Å²) in [6.07, 6.45) is 0.633. The van der Waals surface area contributed by atoms with Gasteiger partial charge in [0.15, 0.2) is 0 Å². The molecule has 0 amide bonds. The molecule has 0 bridgehead atoms. The largest absolute Gasteiger partial charge is 0.481 e. The van der Waals surface area contributed by atoms with Gasteiger partial charge in [-0.25, -0.2) is 4.39 Å². The third-order valence-corrected chi connectivity index (χ3v) is 1.98. The van der Waals surface area contributed by atoms with Crippen LogP contribution >= 0.6 is 0 Å². The van der Waals surface area contributed by atoms with E-state index in [1.54, 1.807) is 13.0 Å². The maximum atomic E-state index is 13.2. The first-order chi connectivity index (χ1) is 7.61. The molecule has 0 saturated heterocycles. The van der Waals surface area contributed by atoms with Crippen LogP contribution < -0.4 is 10.5 Å². The molecule has 1 rings (SSSR count). The second-order valence-corrected chi connectivity index (χ2v) is 3.69. The van der Waals surface area contributed by atoms with Gasteiger partial charge >= 0.3 is 0 Å². The van der Waals surface area contributed by atoms with Crippen molar-refractivity contribution in [2.75, 3.05) is 6.61 Å². The lowest BCUT2D eigenvalue weighted by molar-refractivity contribution is 0.367. The van der Waals surface area contributed by atoms with Crippen LogP contribution in [0.3, 0.4) is 0 Å². The van der Waals surface area contributed by atoms with Crippen molar-refractivity contribution in [2.24, 2.45) is 5.73 Å². The molecule has 0 aromatic heterocycles. The molecule has 0 spiro atoms. The zero-order valence-electron chi connectivity index (χ0n) is 9.59. The van der Waals surface area contributed by atoms with E-state index >= 15 is 0 Å². The maximum Gasteiger partial charge on any atom is 0.149 e. The van der Waals surface area contributed by atoms with Gasteiger partial charge in [-0.15, -0.1) is 5.92 Å². The molecule has 86 valence electrons. The van der Waals surface area contributed by atoms with Crippen molar-refractivity contribution in [1.29, 1.82) is 0 Å². The molecule has 1 aromatic rings. The highest BCUT2D eigenvalue weighted by Crippen LogP contribution is 2.17. The minimum Gasteiger partial charge on any atom is -0.481 e. The summed E-state index contributed by atoms with van der Waals surface area (Å²) < 4.78 is 18.5. The van der Waals surface area contributed by atoms with Gasteiger partial charge in [0.1, 0.15) is 18.2 Å². The van der Waals surface area contributed by atoms with Crippen LogP contribution in [0.1, 0.15) is 19.4 Å². The average molecular weight is 221 g/mol. The maximum absolute atomic E-state index is 13.2. The fraction of sp³-hybridized carbons (Fsp3) is 0.385. The number of halogens is 1. The molecule has 1 unspecified atom stereocenters. The van der Waals surface area contributed by atoms with Gasteiger partial charge in [-0.3, -0.25) is 0 Å². The average Bonchev–Trinajstić information content (AvgIpc) is 2.16. The zero-order valence-corrected chi connectivity index (χ0v) is 9.59. The number of nitrogens with two attached hydrogens (primary N) is 1. The van der Waals surface area contributed by atoms with Crippen LogP contribution in [0.2, 0.25) is 0 Å². The molecule has 3 heteroatoms. The number of hydrogen-bond acceptors (Lipinski definition) is 2. The Balaban J connectivity index is 2.75. The summed E-state index contributed by atoms with van der Waals surface area (Å²) in [6.45, 7) is 3.89. The standard InChI is InChI=1S/C13H16FNO/c1-3-4-5-16-13-8-11(6-10(2)15)7-12(14)9-13/h7-10H,5-6,15H2,1-2H3. The minimum atomic E-state index is -0.308. The summed E-state index contributed by atoms with van der Waals surface area (Å²) in [5, 5.41) is 0. The Bertz CT molecular complexity index is 404. The first-order valence-corrected chi connectivity index (χ1v) is 5.19. The van der Waals surface area contributed by atoms with E-state index in [1.807, 2.05) is 6.92 Å². The lowest BCUT2D eigenvalue weighted by Crippen LogP contribution is -2.17. The third-order valence-electron chi connectivity index (χ3n) is 1.98. The molecule has 2 nitrogen and oxygen atoms in total. The minimum absolute atomic E-state index is 0.00471. The molecule has 2 N–H and O–H groups in total. The fourth-order valence-electron chi connectivity index (χ4n) is 1.39. The molecular weight excluding hydrogens is 205 g/mol. The van der Waals surface area contributed by atoms with Crippen molar-refractivity contribution in [1.82, 2.24) is 0 Å². The van der Waals surface area contributed by atoms with Crippen LogP contribution in [-0.4, -0.2) is 12.6 Å². The monoisotopic (exact) mass is 221 g/mol.